The summed E-state index contributed by atoms with van der Waals surface area (Å²) < 4.78 is 26.6. The predicted molar refractivity (Wildman–Crippen MR) is 120 cm³/mol. The molecule has 0 aliphatic heterocycles. The Morgan fingerprint density at radius 1 is 1.27 bits per heavy atom. The van der Waals surface area contributed by atoms with Crippen molar-refractivity contribution < 1.29 is 18.3 Å². The molecule has 3 aromatic rings. The third kappa shape index (κ3) is 4.15. The molecule has 1 heterocycles. The normalized spacial score (nSPS) is 13.9. The van der Waals surface area contributed by atoms with E-state index in [2.05, 4.69) is 21.2 Å². The molecule has 0 spiro atoms. The van der Waals surface area contributed by atoms with Gasteiger partial charge in [-0.2, -0.15) is 0 Å². The van der Waals surface area contributed by atoms with Gasteiger partial charge in [0.15, 0.2) is 0 Å². The highest BCUT2D eigenvalue weighted by molar-refractivity contribution is 9.10. The number of halogens is 2. The number of benzene rings is 2. The Morgan fingerprint density at radius 3 is 2.83 bits per heavy atom. The first kappa shape index (κ1) is 20.7. The van der Waals surface area contributed by atoms with Gasteiger partial charge >= 0.3 is 0 Å². The molecule has 156 valence electrons. The minimum absolute atomic E-state index is 0.136. The minimum atomic E-state index is -0.495. The highest BCUT2D eigenvalue weighted by Crippen LogP contribution is 2.38. The van der Waals surface area contributed by atoms with Crippen LogP contribution in [0.3, 0.4) is 0 Å². The Bertz CT molecular complexity index is 1150. The molecule has 0 radical (unpaired) electrons. The molecule has 0 saturated carbocycles. The van der Waals surface area contributed by atoms with E-state index >= 15 is 0 Å². The van der Waals surface area contributed by atoms with Gasteiger partial charge in [-0.25, -0.2) is 4.39 Å². The first-order valence-corrected chi connectivity index (χ1v) is 10.9. The quantitative estimate of drug-likeness (QED) is 0.423. The van der Waals surface area contributed by atoms with E-state index in [0.29, 0.717) is 16.8 Å². The monoisotopic (exact) mass is 471 g/mol. The summed E-state index contributed by atoms with van der Waals surface area (Å²) in [5.41, 5.74) is 3.79. The number of anilines is 1. The van der Waals surface area contributed by atoms with E-state index in [9.17, 15) is 9.18 Å². The lowest BCUT2D eigenvalue weighted by molar-refractivity contribution is -0.111. The Hall–Kier alpha value is -2.60. The van der Waals surface area contributed by atoms with Crippen LogP contribution in [0.15, 0.2) is 45.3 Å². The van der Waals surface area contributed by atoms with Gasteiger partial charge in [0.05, 0.1) is 12.3 Å². The fourth-order valence-corrected chi connectivity index (χ4v) is 4.24. The van der Waals surface area contributed by atoms with Crippen LogP contribution >= 0.6 is 15.9 Å². The van der Waals surface area contributed by atoms with Gasteiger partial charge in [-0.15, -0.1) is 0 Å². The predicted octanol–water partition coefficient (Wildman–Crippen LogP) is 6.65. The molecule has 1 amide bonds. The number of fused-ring (bicyclic) bond motifs is 3. The number of aryl methyl sites for hydroxylation is 2. The minimum Gasteiger partial charge on any atom is -0.493 e. The third-order valence-corrected chi connectivity index (χ3v) is 5.81. The van der Waals surface area contributed by atoms with Crippen molar-refractivity contribution in [3.05, 3.63) is 63.6 Å². The van der Waals surface area contributed by atoms with Gasteiger partial charge in [0.2, 0.25) is 5.91 Å². The largest absolute Gasteiger partial charge is 0.493 e. The van der Waals surface area contributed by atoms with Crippen molar-refractivity contribution >= 4 is 44.1 Å². The lowest BCUT2D eigenvalue weighted by Crippen LogP contribution is -2.10. The lowest BCUT2D eigenvalue weighted by atomic mass is 9.94. The maximum absolute atomic E-state index is 14.0. The number of hydrogen-bond acceptors (Lipinski definition) is 3. The lowest BCUT2D eigenvalue weighted by Gasteiger charge is -2.12. The van der Waals surface area contributed by atoms with Crippen LogP contribution in [-0.2, 0) is 17.6 Å². The highest BCUT2D eigenvalue weighted by atomic mass is 79.9. The average molecular weight is 472 g/mol. The summed E-state index contributed by atoms with van der Waals surface area (Å²) in [6, 6.07) is 8.48. The number of carbonyl (C=O) groups excluding carboxylic acids is 1. The Kier molecular flexibility index (Phi) is 5.95. The molecule has 6 heteroatoms. The molecule has 0 saturated heterocycles. The molecule has 1 N–H and O–H groups in total. The van der Waals surface area contributed by atoms with Crippen LogP contribution in [0.2, 0.25) is 0 Å². The maximum atomic E-state index is 14.0. The summed E-state index contributed by atoms with van der Waals surface area (Å²) in [5.74, 6) is 0.837. The summed E-state index contributed by atoms with van der Waals surface area (Å²) in [4.78, 5) is 12.5. The SMILES string of the molecule is CCOc1cc2oc3c(c2cc1/C(C)=C/C(=O)Nc1ccc(Br)cc1F)CCCC3. The van der Waals surface area contributed by atoms with E-state index in [4.69, 9.17) is 9.15 Å². The van der Waals surface area contributed by atoms with Gasteiger partial charge in [-0.1, -0.05) is 15.9 Å². The molecule has 4 nitrogen and oxygen atoms in total. The standard InChI is InChI=1S/C24H23BrFNO3/c1-3-29-22-13-23-18(16-6-4-5-7-21(16)30-23)12-17(22)14(2)10-24(28)27-20-9-8-15(25)11-19(20)26/h8-13H,3-7H2,1-2H3,(H,27,28)/b14-10+. The van der Waals surface area contributed by atoms with Crippen molar-refractivity contribution in [2.24, 2.45) is 0 Å². The number of furan rings is 1. The first-order valence-electron chi connectivity index (χ1n) is 10.1. The van der Waals surface area contributed by atoms with Crippen molar-refractivity contribution in [3.63, 3.8) is 0 Å². The van der Waals surface area contributed by atoms with Crippen LogP contribution < -0.4 is 10.1 Å². The van der Waals surface area contributed by atoms with Crippen molar-refractivity contribution in [2.75, 3.05) is 11.9 Å². The fraction of sp³-hybridized carbons (Fsp3) is 0.292. The van der Waals surface area contributed by atoms with Crippen molar-refractivity contribution in [3.8, 4) is 5.75 Å². The molecule has 1 aliphatic carbocycles. The third-order valence-electron chi connectivity index (χ3n) is 5.32. The zero-order valence-electron chi connectivity index (χ0n) is 17.0. The van der Waals surface area contributed by atoms with E-state index in [0.717, 1.165) is 53.5 Å². The molecule has 1 aromatic heterocycles. The molecule has 0 bridgehead atoms. The molecule has 0 unspecified atom stereocenters. The molecular formula is C24H23BrFNO3. The molecule has 0 atom stereocenters. The van der Waals surface area contributed by atoms with Crippen LogP contribution in [0.1, 0.15) is 43.6 Å². The van der Waals surface area contributed by atoms with Crippen LogP contribution in [0.5, 0.6) is 5.75 Å². The van der Waals surface area contributed by atoms with E-state index in [1.54, 1.807) is 6.07 Å². The van der Waals surface area contributed by atoms with Crippen molar-refractivity contribution in [2.45, 2.75) is 39.5 Å². The average Bonchev–Trinajstić information content (AvgIpc) is 3.07. The van der Waals surface area contributed by atoms with E-state index in [1.165, 1.54) is 23.8 Å². The molecule has 30 heavy (non-hydrogen) atoms. The van der Waals surface area contributed by atoms with Crippen LogP contribution in [-0.4, -0.2) is 12.5 Å². The number of rotatable bonds is 5. The molecule has 2 aromatic carbocycles. The Balaban J connectivity index is 1.68. The van der Waals surface area contributed by atoms with E-state index in [1.807, 2.05) is 26.0 Å². The maximum Gasteiger partial charge on any atom is 0.248 e. The summed E-state index contributed by atoms with van der Waals surface area (Å²) in [7, 11) is 0. The second-order valence-electron chi connectivity index (χ2n) is 7.43. The number of hydrogen-bond donors (Lipinski definition) is 1. The molecule has 1 aliphatic rings. The zero-order chi connectivity index (χ0) is 21.3. The highest BCUT2D eigenvalue weighted by Gasteiger charge is 2.20. The summed E-state index contributed by atoms with van der Waals surface area (Å²) in [6.07, 6.45) is 5.72. The molecule has 0 fully saturated rings. The van der Waals surface area contributed by atoms with E-state index < -0.39 is 11.7 Å². The summed E-state index contributed by atoms with van der Waals surface area (Å²) in [5, 5.41) is 3.68. The fourth-order valence-electron chi connectivity index (χ4n) is 3.91. The van der Waals surface area contributed by atoms with Crippen molar-refractivity contribution in [1.29, 1.82) is 0 Å². The summed E-state index contributed by atoms with van der Waals surface area (Å²) >= 11 is 3.21. The van der Waals surface area contributed by atoms with Gasteiger partial charge in [0.1, 0.15) is 22.9 Å². The second-order valence-corrected chi connectivity index (χ2v) is 8.34. The zero-order valence-corrected chi connectivity index (χ0v) is 18.6. The smallest absolute Gasteiger partial charge is 0.248 e. The Labute approximate surface area is 183 Å². The number of amides is 1. The van der Waals surface area contributed by atoms with Gasteiger partial charge < -0.3 is 14.5 Å². The molecule has 4 rings (SSSR count). The van der Waals surface area contributed by atoms with Crippen LogP contribution in [0, 0.1) is 5.82 Å². The van der Waals surface area contributed by atoms with Gasteiger partial charge in [0.25, 0.3) is 0 Å². The van der Waals surface area contributed by atoms with Crippen LogP contribution in [0.25, 0.3) is 16.5 Å². The number of allylic oxidation sites excluding steroid dienone is 1. The second kappa shape index (κ2) is 8.64. The number of nitrogens with one attached hydrogen (secondary N) is 1. The summed E-state index contributed by atoms with van der Waals surface area (Å²) in [6.45, 7) is 4.28. The first-order chi connectivity index (χ1) is 14.5. The van der Waals surface area contributed by atoms with Crippen molar-refractivity contribution in [1.82, 2.24) is 0 Å². The van der Waals surface area contributed by atoms with Gasteiger partial charge in [-0.3, -0.25) is 4.79 Å². The van der Waals surface area contributed by atoms with Gasteiger partial charge in [-0.05, 0) is 62.9 Å². The number of carbonyl (C=O) groups is 1. The van der Waals surface area contributed by atoms with Crippen LogP contribution in [0.4, 0.5) is 10.1 Å². The van der Waals surface area contributed by atoms with Gasteiger partial charge in [0, 0.05) is 39.5 Å². The Morgan fingerprint density at radius 2 is 2.07 bits per heavy atom. The topological polar surface area (TPSA) is 51.5 Å². The van der Waals surface area contributed by atoms with E-state index in [-0.39, 0.29) is 5.69 Å². The molecular weight excluding hydrogens is 449 g/mol. The number of ether oxygens (including phenoxy) is 1.